The minimum absolute atomic E-state index is 0.192. The quantitative estimate of drug-likeness (QED) is 0.726. The lowest BCUT2D eigenvalue weighted by Crippen LogP contribution is -1.83. The van der Waals surface area contributed by atoms with E-state index >= 15 is 0 Å². The molecule has 1 N–H and O–H groups in total. The maximum Gasteiger partial charge on any atom is 0.268 e. The highest BCUT2D eigenvalue weighted by atomic mass is 16.3. The second-order valence-corrected chi connectivity index (χ2v) is 4.35. The maximum atomic E-state index is 9.18. The molecule has 0 spiro atoms. The van der Waals surface area contributed by atoms with Gasteiger partial charge in [0.05, 0.1) is 5.69 Å². The fourth-order valence-corrected chi connectivity index (χ4v) is 1.77. The minimum Gasteiger partial charge on any atom is -0.508 e. The van der Waals surface area contributed by atoms with E-state index in [1.165, 1.54) is 0 Å². The Morgan fingerprint density at radius 3 is 2.05 bits per heavy atom. The Morgan fingerprint density at radius 2 is 1.38 bits per heavy atom. The van der Waals surface area contributed by atoms with Crippen LogP contribution in [0.3, 0.4) is 0 Å². The molecule has 3 rings (SSSR count). The van der Waals surface area contributed by atoms with Crippen molar-refractivity contribution in [2.45, 2.75) is 0 Å². The lowest BCUT2D eigenvalue weighted by molar-refractivity contribution is 0.475. The van der Waals surface area contributed by atoms with Crippen molar-refractivity contribution >= 4 is 11.6 Å². The van der Waals surface area contributed by atoms with Crippen molar-refractivity contribution in [1.29, 1.82) is 0 Å². The molecule has 5 heteroatoms. The monoisotopic (exact) mass is 276 g/mol. The second kappa shape index (κ2) is 5.92. The van der Waals surface area contributed by atoms with Crippen molar-refractivity contribution in [2.75, 3.05) is 0 Å². The summed E-state index contributed by atoms with van der Waals surface area (Å²) in [5, 5.41) is 17.2. The number of benzene rings is 2. The van der Waals surface area contributed by atoms with Crippen molar-refractivity contribution in [3.63, 3.8) is 0 Å². The highest BCUT2D eigenvalue weighted by Crippen LogP contribution is 2.20. The van der Waals surface area contributed by atoms with Crippen LogP contribution in [-0.4, -0.2) is 15.1 Å². The van der Waals surface area contributed by atoms with Gasteiger partial charge in [0, 0.05) is 18.0 Å². The van der Waals surface area contributed by atoms with Gasteiger partial charge in [-0.15, -0.1) is 10.2 Å². The van der Waals surface area contributed by atoms with Crippen LogP contribution in [0, 0.1) is 0 Å². The van der Waals surface area contributed by atoms with E-state index in [1.807, 2.05) is 30.3 Å². The Hall–Kier alpha value is -3.08. The third-order valence-electron chi connectivity index (χ3n) is 2.85. The summed E-state index contributed by atoms with van der Waals surface area (Å²) in [5.41, 5.74) is 2.61. The Labute approximate surface area is 121 Å². The third-order valence-corrected chi connectivity index (χ3v) is 2.85. The van der Waals surface area contributed by atoms with Crippen molar-refractivity contribution in [3.05, 3.63) is 67.0 Å². The van der Waals surface area contributed by atoms with E-state index in [1.54, 1.807) is 36.7 Å². The van der Waals surface area contributed by atoms with Crippen LogP contribution >= 0.6 is 0 Å². The van der Waals surface area contributed by atoms with E-state index in [9.17, 15) is 5.11 Å². The first-order valence-electron chi connectivity index (χ1n) is 6.39. The predicted octanol–water partition coefficient (Wildman–Crippen LogP) is 4.26. The van der Waals surface area contributed by atoms with E-state index < -0.39 is 0 Å². The molecule has 3 aromatic rings. The molecular weight excluding hydrogens is 264 g/mol. The standard InChI is InChI=1S/C16H12N4O/c21-15-8-6-14(7-9-15)19-20-16-17-10-13(11-18-16)12-4-2-1-3-5-12/h1-11,21H. The molecule has 1 heterocycles. The smallest absolute Gasteiger partial charge is 0.268 e. The van der Waals surface area contributed by atoms with Gasteiger partial charge in [0.15, 0.2) is 0 Å². The molecule has 0 bridgehead atoms. The van der Waals surface area contributed by atoms with E-state index in [0.717, 1.165) is 11.1 Å². The summed E-state index contributed by atoms with van der Waals surface area (Å²) in [6.07, 6.45) is 3.43. The van der Waals surface area contributed by atoms with Crippen molar-refractivity contribution < 1.29 is 5.11 Å². The summed E-state index contributed by atoms with van der Waals surface area (Å²) in [6.45, 7) is 0. The molecule has 0 radical (unpaired) electrons. The summed E-state index contributed by atoms with van der Waals surface area (Å²) in [5.74, 6) is 0.486. The van der Waals surface area contributed by atoms with Gasteiger partial charge in [-0.05, 0) is 29.8 Å². The largest absolute Gasteiger partial charge is 0.508 e. The van der Waals surface area contributed by atoms with Gasteiger partial charge in [0.25, 0.3) is 5.95 Å². The summed E-state index contributed by atoms with van der Waals surface area (Å²) in [6, 6.07) is 16.3. The van der Waals surface area contributed by atoms with Crippen LogP contribution in [-0.2, 0) is 0 Å². The average molecular weight is 276 g/mol. The molecule has 0 aliphatic carbocycles. The lowest BCUT2D eigenvalue weighted by Gasteiger charge is -1.99. The molecule has 0 aliphatic rings. The van der Waals surface area contributed by atoms with Gasteiger partial charge in [0.2, 0.25) is 0 Å². The van der Waals surface area contributed by atoms with Crippen molar-refractivity contribution in [3.8, 4) is 16.9 Å². The topological polar surface area (TPSA) is 70.7 Å². The highest BCUT2D eigenvalue weighted by molar-refractivity contribution is 5.61. The molecule has 5 nitrogen and oxygen atoms in total. The number of nitrogens with zero attached hydrogens (tertiary/aromatic N) is 4. The van der Waals surface area contributed by atoms with E-state index in [4.69, 9.17) is 0 Å². The van der Waals surface area contributed by atoms with E-state index in [2.05, 4.69) is 20.2 Å². The molecule has 0 unspecified atom stereocenters. The fourth-order valence-electron chi connectivity index (χ4n) is 1.77. The number of phenolic OH excluding ortho intramolecular Hbond substituents is 1. The normalized spacial score (nSPS) is 10.9. The first-order valence-corrected chi connectivity index (χ1v) is 6.39. The van der Waals surface area contributed by atoms with Crippen LogP contribution in [0.25, 0.3) is 11.1 Å². The molecule has 0 amide bonds. The molecule has 21 heavy (non-hydrogen) atoms. The summed E-state index contributed by atoms with van der Waals surface area (Å²) < 4.78 is 0. The lowest BCUT2D eigenvalue weighted by atomic mass is 10.1. The van der Waals surface area contributed by atoms with Crippen LogP contribution in [0.5, 0.6) is 5.75 Å². The zero-order valence-electron chi connectivity index (χ0n) is 11.1. The van der Waals surface area contributed by atoms with Gasteiger partial charge in [0.1, 0.15) is 5.75 Å². The van der Waals surface area contributed by atoms with Crippen LogP contribution < -0.4 is 0 Å². The average Bonchev–Trinajstić information content (AvgIpc) is 2.56. The van der Waals surface area contributed by atoms with Crippen molar-refractivity contribution in [1.82, 2.24) is 9.97 Å². The molecular formula is C16H12N4O. The number of hydrogen-bond donors (Lipinski definition) is 1. The van der Waals surface area contributed by atoms with Crippen LogP contribution in [0.2, 0.25) is 0 Å². The number of aromatic hydroxyl groups is 1. The Bertz CT molecular complexity index is 737. The first kappa shape index (κ1) is 12.9. The molecule has 0 saturated heterocycles. The Morgan fingerprint density at radius 1 is 0.714 bits per heavy atom. The number of rotatable bonds is 3. The highest BCUT2D eigenvalue weighted by Gasteiger charge is 1.99. The number of aromatic nitrogens is 2. The van der Waals surface area contributed by atoms with Gasteiger partial charge in [-0.3, -0.25) is 0 Å². The summed E-state index contributed by atoms with van der Waals surface area (Å²) in [4.78, 5) is 8.33. The number of azo groups is 1. The molecule has 0 fully saturated rings. The van der Waals surface area contributed by atoms with Crippen LogP contribution in [0.1, 0.15) is 0 Å². The molecule has 0 atom stereocenters. The Balaban J connectivity index is 1.77. The molecule has 0 aliphatic heterocycles. The molecule has 0 saturated carbocycles. The first-order chi connectivity index (χ1) is 10.3. The van der Waals surface area contributed by atoms with Crippen molar-refractivity contribution in [2.24, 2.45) is 10.2 Å². The molecule has 2 aromatic carbocycles. The Kier molecular flexibility index (Phi) is 3.64. The third kappa shape index (κ3) is 3.27. The van der Waals surface area contributed by atoms with Crippen LogP contribution in [0.4, 0.5) is 11.6 Å². The van der Waals surface area contributed by atoms with Gasteiger partial charge in [-0.2, -0.15) is 0 Å². The predicted molar refractivity (Wildman–Crippen MR) is 79.8 cm³/mol. The zero-order valence-corrected chi connectivity index (χ0v) is 11.1. The summed E-state index contributed by atoms with van der Waals surface area (Å²) in [7, 11) is 0. The molecule has 102 valence electrons. The van der Waals surface area contributed by atoms with Gasteiger partial charge >= 0.3 is 0 Å². The minimum atomic E-state index is 0.192. The van der Waals surface area contributed by atoms with Gasteiger partial charge < -0.3 is 5.11 Å². The van der Waals surface area contributed by atoms with E-state index in [-0.39, 0.29) is 5.75 Å². The molecule has 1 aromatic heterocycles. The second-order valence-electron chi connectivity index (χ2n) is 4.35. The number of hydrogen-bond acceptors (Lipinski definition) is 5. The van der Waals surface area contributed by atoms with Gasteiger partial charge in [-0.1, -0.05) is 30.3 Å². The summed E-state index contributed by atoms with van der Waals surface area (Å²) >= 11 is 0. The number of phenols is 1. The zero-order chi connectivity index (χ0) is 14.5. The van der Waals surface area contributed by atoms with E-state index in [0.29, 0.717) is 11.6 Å². The van der Waals surface area contributed by atoms with Gasteiger partial charge in [-0.25, -0.2) is 9.97 Å². The van der Waals surface area contributed by atoms with Crippen LogP contribution in [0.15, 0.2) is 77.2 Å². The SMILES string of the molecule is Oc1ccc(N=Nc2ncc(-c3ccccc3)cn2)cc1. The maximum absolute atomic E-state index is 9.18. The fraction of sp³-hybridized carbons (Fsp3) is 0.